The van der Waals surface area contributed by atoms with E-state index < -0.39 is 0 Å². The van der Waals surface area contributed by atoms with Gasteiger partial charge >= 0.3 is 0 Å². The second-order valence-corrected chi connectivity index (χ2v) is 7.29. The molecule has 2 aromatic carbocycles. The van der Waals surface area contributed by atoms with Gasteiger partial charge in [-0.3, -0.25) is 9.59 Å². The van der Waals surface area contributed by atoms with Gasteiger partial charge in [-0.2, -0.15) is 0 Å². The Kier molecular flexibility index (Phi) is 6.21. The summed E-state index contributed by atoms with van der Waals surface area (Å²) in [5.41, 5.74) is 2.16. The Morgan fingerprint density at radius 1 is 1.03 bits per heavy atom. The molecule has 1 aliphatic heterocycles. The molecule has 0 saturated carbocycles. The fraction of sp³-hybridized carbons (Fsp3) is 0.208. The quantitative estimate of drug-likeness (QED) is 0.640. The molecular formula is C24H22FN3O3. The third-order valence-corrected chi connectivity index (χ3v) is 5.05. The maximum absolute atomic E-state index is 13.0. The predicted octanol–water partition coefficient (Wildman–Crippen LogP) is 4.46. The number of halogens is 1. The first-order valence-electron chi connectivity index (χ1n) is 10.2. The molecule has 158 valence electrons. The fourth-order valence-corrected chi connectivity index (χ4v) is 3.36. The lowest BCUT2D eigenvalue weighted by Crippen LogP contribution is -2.35. The van der Waals surface area contributed by atoms with Crippen LogP contribution in [-0.4, -0.2) is 23.3 Å². The summed E-state index contributed by atoms with van der Waals surface area (Å²) in [7, 11) is 0. The average Bonchev–Trinajstić information content (AvgIpc) is 2.80. The maximum atomic E-state index is 13.0. The number of nitrogens with zero attached hydrogens (tertiary/aromatic N) is 2. The van der Waals surface area contributed by atoms with Crippen LogP contribution in [0, 0.1) is 5.82 Å². The minimum absolute atomic E-state index is 0.128. The van der Waals surface area contributed by atoms with Crippen LogP contribution in [0.2, 0.25) is 0 Å². The highest BCUT2D eigenvalue weighted by molar-refractivity contribution is 5.96. The number of piperidine rings is 1. The molecule has 6 nitrogen and oxygen atoms in total. The predicted molar refractivity (Wildman–Crippen MR) is 115 cm³/mol. The molecule has 7 heteroatoms. The van der Waals surface area contributed by atoms with Crippen LogP contribution in [0.25, 0.3) is 0 Å². The number of hydrogen-bond donors (Lipinski definition) is 1. The SMILES string of the molecule is O=C(NCc1ccc(Oc2ccc(F)cc2)nc1)c1ccc(N2CCCCC2=O)cc1. The monoisotopic (exact) mass is 419 g/mol. The summed E-state index contributed by atoms with van der Waals surface area (Å²) < 4.78 is 18.5. The van der Waals surface area contributed by atoms with Crippen LogP contribution >= 0.6 is 0 Å². The van der Waals surface area contributed by atoms with Gasteiger partial charge in [0, 0.05) is 43.0 Å². The van der Waals surface area contributed by atoms with Gasteiger partial charge in [-0.25, -0.2) is 9.37 Å². The number of nitrogens with one attached hydrogen (secondary N) is 1. The Morgan fingerprint density at radius 3 is 2.48 bits per heavy atom. The van der Waals surface area contributed by atoms with Crippen molar-refractivity contribution in [3.8, 4) is 11.6 Å². The molecule has 3 aromatic rings. The highest BCUT2D eigenvalue weighted by atomic mass is 19.1. The van der Waals surface area contributed by atoms with Crippen molar-refractivity contribution in [2.75, 3.05) is 11.4 Å². The Labute approximate surface area is 179 Å². The van der Waals surface area contributed by atoms with Crippen LogP contribution < -0.4 is 15.0 Å². The van der Waals surface area contributed by atoms with Crippen LogP contribution in [-0.2, 0) is 11.3 Å². The number of rotatable bonds is 6. The molecule has 0 spiro atoms. The molecule has 1 aromatic heterocycles. The Morgan fingerprint density at radius 2 is 1.81 bits per heavy atom. The van der Waals surface area contributed by atoms with E-state index in [2.05, 4.69) is 10.3 Å². The third kappa shape index (κ3) is 5.25. The van der Waals surface area contributed by atoms with E-state index in [9.17, 15) is 14.0 Å². The van der Waals surface area contributed by atoms with E-state index in [1.807, 2.05) is 0 Å². The number of ether oxygens (including phenoxy) is 1. The van der Waals surface area contributed by atoms with Gasteiger partial charge < -0.3 is 15.0 Å². The number of anilines is 1. The van der Waals surface area contributed by atoms with Crippen molar-refractivity contribution in [1.29, 1.82) is 0 Å². The molecule has 0 unspecified atom stereocenters. The van der Waals surface area contributed by atoms with Gasteiger partial charge in [-0.05, 0) is 66.9 Å². The van der Waals surface area contributed by atoms with E-state index in [-0.39, 0.29) is 17.6 Å². The molecule has 1 saturated heterocycles. The van der Waals surface area contributed by atoms with E-state index in [0.29, 0.717) is 30.2 Å². The minimum atomic E-state index is -0.332. The first kappa shape index (κ1) is 20.5. The van der Waals surface area contributed by atoms with Crippen LogP contribution in [0.4, 0.5) is 10.1 Å². The van der Waals surface area contributed by atoms with Crippen LogP contribution in [0.1, 0.15) is 35.2 Å². The van der Waals surface area contributed by atoms with E-state index in [4.69, 9.17) is 4.74 Å². The number of pyridine rings is 1. The molecule has 0 aliphatic carbocycles. The summed E-state index contributed by atoms with van der Waals surface area (Å²) in [5.74, 6) is 0.459. The molecular weight excluding hydrogens is 397 g/mol. The summed E-state index contributed by atoms with van der Waals surface area (Å²) in [6.07, 6.45) is 4.12. The third-order valence-electron chi connectivity index (χ3n) is 5.05. The van der Waals surface area contributed by atoms with Crippen molar-refractivity contribution in [2.24, 2.45) is 0 Å². The Hall–Kier alpha value is -3.74. The standard InChI is InChI=1S/C24H22FN3O3/c25-19-7-11-21(12-8-19)31-22-13-4-17(15-26-22)16-27-24(30)18-5-9-20(10-6-18)28-14-2-1-3-23(28)29/h4-13,15H,1-3,14,16H2,(H,27,30). The van der Waals surface area contributed by atoms with Gasteiger partial charge in [-0.15, -0.1) is 0 Å². The molecule has 0 radical (unpaired) electrons. The lowest BCUT2D eigenvalue weighted by atomic mass is 10.1. The molecule has 31 heavy (non-hydrogen) atoms. The number of benzene rings is 2. The second kappa shape index (κ2) is 9.38. The van der Waals surface area contributed by atoms with Crippen molar-refractivity contribution in [3.05, 3.63) is 83.8 Å². The Balaban J connectivity index is 1.31. The fourth-order valence-electron chi connectivity index (χ4n) is 3.36. The van der Waals surface area contributed by atoms with Crippen molar-refractivity contribution in [2.45, 2.75) is 25.8 Å². The largest absolute Gasteiger partial charge is 0.439 e. The van der Waals surface area contributed by atoms with E-state index in [0.717, 1.165) is 30.6 Å². The highest BCUT2D eigenvalue weighted by Crippen LogP contribution is 2.22. The lowest BCUT2D eigenvalue weighted by molar-refractivity contribution is -0.119. The van der Waals surface area contributed by atoms with Crippen molar-refractivity contribution < 1.29 is 18.7 Å². The number of amides is 2. The van der Waals surface area contributed by atoms with Gasteiger partial charge in [-0.1, -0.05) is 6.07 Å². The van der Waals surface area contributed by atoms with Gasteiger partial charge in [0.15, 0.2) is 0 Å². The summed E-state index contributed by atoms with van der Waals surface area (Å²) in [4.78, 5) is 30.5. The smallest absolute Gasteiger partial charge is 0.251 e. The summed E-state index contributed by atoms with van der Waals surface area (Å²) in [6.45, 7) is 1.03. The highest BCUT2D eigenvalue weighted by Gasteiger charge is 2.19. The minimum Gasteiger partial charge on any atom is -0.439 e. The van der Waals surface area contributed by atoms with Gasteiger partial charge in [0.25, 0.3) is 5.91 Å². The second-order valence-electron chi connectivity index (χ2n) is 7.29. The molecule has 4 rings (SSSR count). The van der Waals surface area contributed by atoms with Crippen molar-refractivity contribution in [3.63, 3.8) is 0 Å². The van der Waals surface area contributed by atoms with Crippen LogP contribution in [0.3, 0.4) is 0 Å². The Bertz CT molecular complexity index is 1050. The van der Waals surface area contributed by atoms with E-state index >= 15 is 0 Å². The zero-order valence-electron chi connectivity index (χ0n) is 16.9. The normalized spacial score (nSPS) is 13.7. The van der Waals surface area contributed by atoms with E-state index in [1.54, 1.807) is 47.5 Å². The maximum Gasteiger partial charge on any atom is 0.251 e. The first-order valence-corrected chi connectivity index (χ1v) is 10.2. The van der Waals surface area contributed by atoms with Gasteiger partial charge in [0.2, 0.25) is 11.8 Å². The molecule has 0 bridgehead atoms. The molecule has 1 fully saturated rings. The topological polar surface area (TPSA) is 71.5 Å². The number of carbonyl (C=O) groups is 2. The van der Waals surface area contributed by atoms with E-state index in [1.165, 1.54) is 24.3 Å². The number of carbonyl (C=O) groups excluding carboxylic acids is 2. The van der Waals surface area contributed by atoms with Crippen molar-refractivity contribution in [1.82, 2.24) is 10.3 Å². The lowest BCUT2D eigenvalue weighted by Gasteiger charge is -2.26. The molecule has 1 N–H and O–H groups in total. The van der Waals surface area contributed by atoms with Gasteiger partial charge in [0.1, 0.15) is 11.6 Å². The zero-order chi connectivity index (χ0) is 21.6. The number of aromatic nitrogens is 1. The molecule has 2 amide bonds. The summed E-state index contributed by atoms with van der Waals surface area (Å²) >= 11 is 0. The van der Waals surface area contributed by atoms with Crippen molar-refractivity contribution >= 4 is 17.5 Å². The summed E-state index contributed by atoms with van der Waals surface area (Å²) in [5, 5.41) is 2.86. The average molecular weight is 419 g/mol. The van der Waals surface area contributed by atoms with Gasteiger partial charge in [0.05, 0.1) is 0 Å². The summed E-state index contributed by atoms with van der Waals surface area (Å²) in [6, 6.07) is 16.2. The molecule has 0 atom stereocenters. The zero-order valence-corrected chi connectivity index (χ0v) is 16.9. The van der Waals surface area contributed by atoms with Crippen LogP contribution in [0.15, 0.2) is 66.9 Å². The molecule has 1 aliphatic rings. The molecule has 2 heterocycles. The number of hydrogen-bond acceptors (Lipinski definition) is 4. The first-order chi connectivity index (χ1) is 15.1. The van der Waals surface area contributed by atoms with Crippen LogP contribution in [0.5, 0.6) is 11.6 Å².